The summed E-state index contributed by atoms with van der Waals surface area (Å²) in [4.78, 5) is 37.4. The SMILES string of the molecule is CC(C)CC(N)C(=O)OC(C)n1cc(-c2ccnc(F)c2)c2cc(-c3cccc(N(C)C(=O)/C=C/CN(C)C)c3)cnc21. The number of likely N-dealkylation sites (N-methyl/N-ethyl adjacent to an activating group) is 2. The van der Waals surface area contributed by atoms with Crippen molar-refractivity contribution >= 4 is 28.6 Å². The van der Waals surface area contributed by atoms with Crippen LogP contribution in [0.3, 0.4) is 0 Å². The van der Waals surface area contributed by atoms with Gasteiger partial charge in [0, 0.05) is 66.5 Å². The summed E-state index contributed by atoms with van der Waals surface area (Å²) >= 11 is 0. The van der Waals surface area contributed by atoms with Gasteiger partial charge in [-0.2, -0.15) is 4.39 Å². The molecule has 43 heavy (non-hydrogen) atoms. The van der Waals surface area contributed by atoms with E-state index in [-0.39, 0.29) is 11.8 Å². The number of pyridine rings is 2. The minimum Gasteiger partial charge on any atom is -0.440 e. The monoisotopic (exact) mass is 586 g/mol. The van der Waals surface area contributed by atoms with Crippen molar-refractivity contribution in [3.63, 3.8) is 0 Å². The molecular formula is C33H39FN6O3. The number of benzene rings is 1. The summed E-state index contributed by atoms with van der Waals surface area (Å²) in [6.45, 7) is 6.39. The van der Waals surface area contributed by atoms with Gasteiger partial charge in [0.1, 0.15) is 11.7 Å². The Morgan fingerprint density at radius 2 is 1.81 bits per heavy atom. The van der Waals surface area contributed by atoms with Gasteiger partial charge in [-0.25, -0.2) is 9.97 Å². The molecule has 1 aromatic carbocycles. The summed E-state index contributed by atoms with van der Waals surface area (Å²) in [6, 6.07) is 11.9. The number of rotatable bonds is 11. The number of carbonyl (C=O) groups is 2. The highest BCUT2D eigenvalue weighted by atomic mass is 19.1. The molecule has 0 radical (unpaired) electrons. The third-order valence-corrected chi connectivity index (χ3v) is 7.04. The molecule has 0 bridgehead atoms. The van der Waals surface area contributed by atoms with Crippen LogP contribution in [0.5, 0.6) is 0 Å². The van der Waals surface area contributed by atoms with Crippen LogP contribution in [0.1, 0.15) is 33.4 Å². The molecule has 0 aliphatic rings. The molecule has 0 aliphatic carbocycles. The molecule has 0 fully saturated rings. The zero-order valence-corrected chi connectivity index (χ0v) is 25.5. The normalized spacial score (nSPS) is 13.2. The molecule has 0 saturated carbocycles. The zero-order chi connectivity index (χ0) is 31.3. The van der Waals surface area contributed by atoms with Gasteiger partial charge in [0.05, 0.1) is 0 Å². The van der Waals surface area contributed by atoms with Crippen molar-refractivity contribution in [3.8, 4) is 22.3 Å². The highest BCUT2D eigenvalue weighted by molar-refractivity contribution is 6.01. The molecule has 4 rings (SSSR count). The van der Waals surface area contributed by atoms with Crippen LogP contribution in [-0.2, 0) is 14.3 Å². The van der Waals surface area contributed by atoms with Gasteiger partial charge in [0.25, 0.3) is 0 Å². The Hall–Kier alpha value is -4.41. The summed E-state index contributed by atoms with van der Waals surface area (Å²) in [6.07, 6.45) is 8.11. The van der Waals surface area contributed by atoms with Crippen LogP contribution in [-0.4, -0.2) is 65.0 Å². The first-order valence-electron chi connectivity index (χ1n) is 14.2. The molecule has 10 heteroatoms. The molecule has 4 aromatic rings. The maximum absolute atomic E-state index is 14.2. The van der Waals surface area contributed by atoms with E-state index in [9.17, 15) is 14.0 Å². The Morgan fingerprint density at radius 1 is 1.05 bits per heavy atom. The fourth-order valence-corrected chi connectivity index (χ4v) is 4.78. The first-order chi connectivity index (χ1) is 20.4. The number of esters is 1. The van der Waals surface area contributed by atoms with Crippen molar-refractivity contribution in [1.82, 2.24) is 19.4 Å². The highest BCUT2D eigenvalue weighted by Gasteiger charge is 2.23. The Bertz CT molecular complexity index is 1630. The summed E-state index contributed by atoms with van der Waals surface area (Å²) in [5.74, 6) is -0.998. The third-order valence-electron chi connectivity index (χ3n) is 7.04. The fraction of sp³-hybridized carbons (Fsp3) is 0.333. The van der Waals surface area contributed by atoms with Crippen molar-refractivity contribution in [1.29, 1.82) is 0 Å². The fourth-order valence-electron chi connectivity index (χ4n) is 4.78. The third kappa shape index (κ3) is 7.71. The zero-order valence-electron chi connectivity index (χ0n) is 25.5. The molecule has 0 spiro atoms. The quantitative estimate of drug-likeness (QED) is 0.142. The second kappa shape index (κ2) is 13.7. The molecular weight excluding hydrogens is 547 g/mol. The number of hydrogen-bond acceptors (Lipinski definition) is 7. The molecule has 2 N–H and O–H groups in total. The summed E-state index contributed by atoms with van der Waals surface area (Å²) in [5, 5.41) is 0.735. The molecule has 9 nitrogen and oxygen atoms in total. The van der Waals surface area contributed by atoms with E-state index in [1.54, 1.807) is 48.0 Å². The molecule has 0 aliphatic heterocycles. The maximum Gasteiger partial charge on any atom is 0.324 e. The lowest BCUT2D eigenvalue weighted by molar-refractivity contribution is -0.154. The Kier molecular flexibility index (Phi) is 10.1. The lowest BCUT2D eigenvalue weighted by Crippen LogP contribution is -2.34. The molecule has 226 valence electrons. The number of nitrogens with zero attached hydrogens (tertiary/aromatic N) is 5. The summed E-state index contributed by atoms with van der Waals surface area (Å²) in [7, 11) is 5.61. The minimum absolute atomic E-state index is 0.136. The van der Waals surface area contributed by atoms with Crippen molar-refractivity contribution < 1.29 is 18.7 Å². The number of fused-ring (bicyclic) bond motifs is 1. The maximum atomic E-state index is 14.2. The number of hydrogen-bond donors (Lipinski definition) is 1. The smallest absolute Gasteiger partial charge is 0.324 e. The van der Waals surface area contributed by atoms with E-state index in [0.29, 0.717) is 29.7 Å². The Labute approximate surface area is 251 Å². The standard InChI is InChI=1S/C33H39FN6O3/c1-21(2)15-29(35)33(42)43-22(3)40-20-28(24-12-13-36-30(34)18-24)27-17-25(19-37-32(27)40)23-9-7-10-26(16-23)39(6)31(41)11-8-14-38(4)5/h7-13,16-22,29H,14-15,35H2,1-6H3/b11-8+. The number of carbonyl (C=O) groups excluding carboxylic acids is 2. The van der Waals surface area contributed by atoms with E-state index in [0.717, 1.165) is 22.2 Å². The number of aromatic nitrogens is 3. The number of ether oxygens (including phenoxy) is 1. The lowest BCUT2D eigenvalue weighted by atomic mass is 10.0. The predicted octanol–water partition coefficient (Wildman–Crippen LogP) is 5.42. The number of nitrogens with two attached hydrogens (primary N) is 1. The van der Waals surface area contributed by atoms with Gasteiger partial charge in [-0.3, -0.25) is 14.2 Å². The number of anilines is 1. The van der Waals surface area contributed by atoms with E-state index in [1.165, 1.54) is 12.3 Å². The molecule has 3 aromatic heterocycles. The lowest BCUT2D eigenvalue weighted by Gasteiger charge is -2.19. The van der Waals surface area contributed by atoms with Gasteiger partial charge in [-0.15, -0.1) is 0 Å². The van der Waals surface area contributed by atoms with Crippen LogP contribution < -0.4 is 10.6 Å². The molecule has 2 atom stereocenters. The molecule has 3 heterocycles. The van der Waals surface area contributed by atoms with Crippen molar-refractivity contribution in [2.45, 2.75) is 39.5 Å². The van der Waals surface area contributed by atoms with E-state index in [1.807, 2.05) is 69.3 Å². The van der Waals surface area contributed by atoms with Gasteiger partial charge in [-0.1, -0.05) is 32.1 Å². The summed E-state index contributed by atoms with van der Waals surface area (Å²) < 4.78 is 21.6. The Balaban J connectivity index is 1.72. The van der Waals surface area contributed by atoms with Gasteiger partial charge in [0.2, 0.25) is 11.9 Å². The van der Waals surface area contributed by atoms with Crippen molar-refractivity contribution in [3.05, 3.63) is 79.2 Å². The summed E-state index contributed by atoms with van der Waals surface area (Å²) in [5.41, 5.74) is 10.3. The first-order valence-corrected chi connectivity index (χ1v) is 14.2. The van der Waals surface area contributed by atoms with Crippen LogP contribution in [0, 0.1) is 11.9 Å². The minimum atomic E-state index is -0.738. The molecule has 1 amide bonds. The van der Waals surface area contributed by atoms with Crippen LogP contribution in [0.2, 0.25) is 0 Å². The van der Waals surface area contributed by atoms with E-state index < -0.39 is 24.2 Å². The van der Waals surface area contributed by atoms with Gasteiger partial charge >= 0.3 is 5.97 Å². The highest BCUT2D eigenvalue weighted by Crippen LogP contribution is 2.35. The topological polar surface area (TPSA) is 107 Å². The van der Waals surface area contributed by atoms with Gasteiger partial charge < -0.3 is 20.3 Å². The van der Waals surface area contributed by atoms with E-state index in [2.05, 4.69) is 4.98 Å². The second-order valence-corrected chi connectivity index (χ2v) is 11.3. The van der Waals surface area contributed by atoms with Crippen LogP contribution in [0.4, 0.5) is 10.1 Å². The van der Waals surface area contributed by atoms with Crippen molar-refractivity contribution in [2.24, 2.45) is 11.7 Å². The Morgan fingerprint density at radius 3 is 2.51 bits per heavy atom. The second-order valence-electron chi connectivity index (χ2n) is 11.3. The van der Waals surface area contributed by atoms with Crippen LogP contribution >= 0.6 is 0 Å². The molecule has 2 unspecified atom stereocenters. The van der Waals surface area contributed by atoms with Crippen molar-refractivity contribution in [2.75, 3.05) is 32.6 Å². The largest absolute Gasteiger partial charge is 0.440 e. The first kappa shape index (κ1) is 31.5. The van der Waals surface area contributed by atoms with Gasteiger partial charge in [-0.05, 0) is 68.8 Å². The van der Waals surface area contributed by atoms with Gasteiger partial charge in [0.15, 0.2) is 6.23 Å². The number of halogens is 1. The number of amides is 1. The molecule has 0 saturated heterocycles. The van der Waals surface area contributed by atoms with E-state index >= 15 is 0 Å². The average Bonchev–Trinajstić information content (AvgIpc) is 3.35. The predicted molar refractivity (Wildman–Crippen MR) is 168 cm³/mol. The van der Waals surface area contributed by atoms with E-state index in [4.69, 9.17) is 15.5 Å². The average molecular weight is 587 g/mol. The van der Waals surface area contributed by atoms with Crippen LogP contribution in [0.15, 0.2) is 73.2 Å². The van der Waals surface area contributed by atoms with Crippen LogP contribution in [0.25, 0.3) is 33.3 Å².